The summed E-state index contributed by atoms with van der Waals surface area (Å²) in [4.78, 5) is 13.7. The summed E-state index contributed by atoms with van der Waals surface area (Å²) in [5.41, 5.74) is 4.85. The summed E-state index contributed by atoms with van der Waals surface area (Å²) in [6, 6.07) is 28.6. The molecule has 0 fully saturated rings. The van der Waals surface area contributed by atoms with Gasteiger partial charge in [0.15, 0.2) is 0 Å². The third-order valence-electron chi connectivity index (χ3n) is 6.26. The van der Waals surface area contributed by atoms with E-state index in [9.17, 15) is 13.2 Å². The molecule has 0 aliphatic heterocycles. The molecular weight excluding hydrogens is 504 g/mol. The Morgan fingerprint density at radius 2 is 1.49 bits per heavy atom. The predicted molar refractivity (Wildman–Crippen MR) is 150 cm³/mol. The number of nitrogens with one attached hydrogen (secondary N) is 1. The summed E-state index contributed by atoms with van der Waals surface area (Å²) in [5, 5.41) is 3.57. The van der Waals surface area contributed by atoms with Crippen molar-refractivity contribution in [3.8, 4) is 0 Å². The molecule has 0 saturated carbocycles. The Labute approximate surface area is 223 Å². The zero-order valence-corrected chi connectivity index (χ0v) is 22.6. The van der Waals surface area contributed by atoms with Crippen molar-refractivity contribution in [1.29, 1.82) is 0 Å². The Morgan fingerprint density at radius 1 is 0.838 bits per heavy atom. The monoisotopic (exact) mass is 532 g/mol. The highest BCUT2D eigenvalue weighted by atomic mass is 35.5. The molecule has 1 atom stereocenters. The highest BCUT2D eigenvalue weighted by molar-refractivity contribution is 7.92. The maximum absolute atomic E-state index is 13.8. The molecule has 4 rings (SSSR count). The summed E-state index contributed by atoms with van der Waals surface area (Å²) in [6.07, 6.45) is 0. The van der Waals surface area contributed by atoms with Crippen LogP contribution in [0.4, 0.5) is 5.69 Å². The topological polar surface area (TPSA) is 66.5 Å². The first-order chi connectivity index (χ1) is 17.7. The van der Waals surface area contributed by atoms with Gasteiger partial charge >= 0.3 is 0 Å². The number of amides is 1. The van der Waals surface area contributed by atoms with Gasteiger partial charge in [0.05, 0.1) is 16.6 Å². The van der Waals surface area contributed by atoms with Gasteiger partial charge in [0, 0.05) is 5.02 Å². The Hall–Kier alpha value is -3.61. The van der Waals surface area contributed by atoms with E-state index in [1.165, 1.54) is 0 Å². The van der Waals surface area contributed by atoms with Crippen LogP contribution in [0.1, 0.15) is 33.9 Å². The maximum Gasteiger partial charge on any atom is 0.264 e. The van der Waals surface area contributed by atoms with E-state index in [2.05, 4.69) is 5.32 Å². The van der Waals surface area contributed by atoms with Crippen molar-refractivity contribution in [1.82, 2.24) is 5.32 Å². The van der Waals surface area contributed by atoms with Crippen molar-refractivity contribution < 1.29 is 13.2 Å². The largest absolute Gasteiger partial charge is 0.344 e. The van der Waals surface area contributed by atoms with Crippen molar-refractivity contribution in [2.45, 2.75) is 31.7 Å². The minimum absolute atomic E-state index is 0.110. The first kappa shape index (κ1) is 26.5. The normalized spacial score (nSPS) is 12.1. The summed E-state index contributed by atoms with van der Waals surface area (Å²) in [5.74, 6) is -0.429. The average molecular weight is 533 g/mol. The lowest BCUT2D eigenvalue weighted by atomic mass is 9.95. The quantitative estimate of drug-likeness (QED) is 0.287. The van der Waals surface area contributed by atoms with Gasteiger partial charge in [-0.05, 0) is 73.4 Å². The van der Waals surface area contributed by atoms with Crippen LogP contribution in [0.5, 0.6) is 0 Å². The standard InChI is InChI=1S/C30H29ClN2O3S/c1-21-13-16-26(17-14-21)37(35,36)33(28-18-15-25(31)19-23(28)3)20-29(34)32-30(24-10-5-4-6-11-24)27-12-8-7-9-22(27)2/h4-19,30H,20H2,1-3H3,(H,32,34)/t30-/m0/s1. The number of sulfonamides is 1. The fraction of sp³-hybridized carbons (Fsp3) is 0.167. The summed E-state index contributed by atoms with van der Waals surface area (Å²) >= 11 is 6.15. The van der Waals surface area contributed by atoms with E-state index in [0.717, 1.165) is 26.6 Å². The molecule has 4 aromatic carbocycles. The van der Waals surface area contributed by atoms with Gasteiger partial charge in [0.25, 0.3) is 10.0 Å². The predicted octanol–water partition coefficient (Wildman–Crippen LogP) is 6.37. The van der Waals surface area contributed by atoms with Crippen molar-refractivity contribution in [3.63, 3.8) is 0 Å². The van der Waals surface area contributed by atoms with Crippen LogP contribution in [0.3, 0.4) is 0 Å². The van der Waals surface area contributed by atoms with E-state index in [1.54, 1.807) is 49.4 Å². The van der Waals surface area contributed by atoms with E-state index in [4.69, 9.17) is 11.6 Å². The highest BCUT2D eigenvalue weighted by Gasteiger charge is 2.29. The van der Waals surface area contributed by atoms with Crippen LogP contribution >= 0.6 is 11.6 Å². The molecule has 0 unspecified atom stereocenters. The van der Waals surface area contributed by atoms with Gasteiger partial charge in [0.1, 0.15) is 6.54 Å². The lowest BCUT2D eigenvalue weighted by molar-refractivity contribution is -0.120. The molecule has 190 valence electrons. The third-order valence-corrected chi connectivity index (χ3v) is 8.27. The third kappa shape index (κ3) is 6.04. The minimum Gasteiger partial charge on any atom is -0.344 e. The molecular formula is C30H29ClN2O3S. The molecule has 0 aliphatic rings. The van der Waals surface area contributed by atoms with Crippen LogP contribution in [0.2, 0.25) is 5.02 Å². The van der Waals surface area contributed by atoms with Crippen LogP contribution in [-0.4, -0.2) is 20.9 Å². The number of nitrogens with zero attached hydrogens (tertiary/aromatic N) is 1. The van der Waals surface area contributed by atoms with Crippen LogP contribution < -0.4 is 9.62 Å². The van der Waals surface area contributed by atoms with Gasteiger partial charge in [-0.1, -0.05) is 83.9 Å². The number of hydrogen-bond donors (Lipinski definition) is 1. The van der Waals surface area contributed by atoms with Crippen LogP contribution in [0, 0.1) is 20.8 Å². The molecule has 0 aromatic heterocycles. The number of anilines is 1. The number of carbonyl (C=O) groups excluding carboxylic acids is 1. The number of hydrogen-bond acceptors (Lipinski definition) is 3. The summed E-state index contributed by atoms with van der Waals surface area (Å²) < 4.78 is 28.8. The molecule has 5 nitrogen and oxygen atoms in total. The Balaban J connectivity index is 1.73. The second-order valence-corrected chi connectivity index (χ2v) is 11.3. The zero-order valence-electron chi connectivity index (χ0n) is 21.0. The smallest absolute Gasteiger partial charge is 0.264 e. The van der Waals surface area contributed by atoms with Crippen molar-refractivity contribution in [2.75, 3.05) is 10.8 Å². The molecule has 0 saturated heterocycles. The highest BCUT2D eigenvalue weighted by Crippen LogP contribution is 2.30. The maximum atomic E-state index is 13.8. The van der Waals surface area contributed by atoms with E-state index in [1.807, 2.05) is 68.4 Å². The molecule has 4 aromatic rings. The molecule has 7 heteroatoms. The molecule has 0 heterocycles. The molecule has 0 bridgehead atoms. The average Bonchev–Trinajstić information content (AvgIpc) is 2.87. The van der Waals surface area contributed by atoms with Crippen LogP contribution in [0.15, 0.2) is 102 Å². The number of carbonyl (C=O) groups is 1. The Bertz CT molecular complexity index is 1500. The Kier molecular flexibility index (Phi) is 8.00. The van der Waals surface area contributed by atoms with Gasteiger partial charge in [-0.3, -0.25) is 9.10 Å². The lowest BCUT2D eigenvalue weighted by Gasteiger charge is -2.28. The van der Waals surface area contributed by atoms with Crippen molar-refractivity contribution in [2.24, 2.45) is 0 Å². The van der Waals surface area contributed by atoms with Gasteiger partial charge in [-0.25, -0.2) is 8.42 Å². The van der Waals surface area contributed by atoms with Crippen LogP contribution in [0.25, 0.3) is 0 Å². The summed E-state index contributed by atoms with van der Waals surface area (Å²) in [7, 11) is -4.05. The van der Waals surface area contributed by atoms with Gasteiger partial charge < -0.3 is 5.32 Å². The van der Waals surface area contributed by atoms with E-state index >= 15 is 0 Å². The van der Waals surface area contributed by atoms with Crippen molar-refractivity contribution in [3.05, 3.63) is 130 Å². The SMILES string of the molecule is Cc1ccc(S(=O)(=O)N(CC(=O)N[C@@H](c2ccccc2)c2ccccc2C)c2ccc(Cl)cc2C)cc1. The van der Waals surface area contributed by atoms with Gasteiger partial charge in [-0.15, -0.1) is 0 Å². The zero-order chi connectivity index (χ0) is 26.6. The molecule has 37 heavy (non-hydrogen) atoms. The first-order valence-corrected chi connectivity index (χ1v) is 13.7. The second kappa shape index (κ2) is 11.2. The number of aryl methyl sites for hydroxylation is 3. The van der Waals surface area contributed by atoms with Crippen LogP contribution in [-0.2, 0) is 14.8 Å². The van der Waals surface area contributed by atoms with E-state index < -0.39 is 28.5 Å². The van der Waals surface area contributed by atoms with Gasteiger partial charge in [0.2, 0.25) is 5.91 Å². The van der Waals surface area contributed by atoms with Gasteiger partial charge in [-0.2, -0.15) is 0 Å². The molecule has 0 aliphatic carbocycles. The minimum atomic E-state index is -4.05. The molecule has 0 spiro atoms. The molecule has 1 amide bonds. The number of rotatable bonds is 8. The molecule has 1 N–H and O–H groups in total. The summed E-state index contributed by atoms with van der Waals surface area (Å²) in [6.45, 7) is 5.26. The number of benzene rings is 4. The second-order valence-electron chi connectivity index (χ2n) is 9.02. The lowest BCUT2D eigenvalue weighted by Crippen LogP contribution is -2.42. The van der Waals surface area contributed by atoms with E-state index in [0.29, 0.717) is 16.3 Å². The van der Waals surface area contributed by atoms with E-state index in [-0.39, 0.29) is 4.90 Å². The fourth-order valence-corrected chi connectivity index (χ4v) is 5.98. The number of halogens is 1. The first-order valence-electron chi connectivity index (χ1n) is 11.9. The molecule has 0 radical (unpaired) electrons. The fourth-order valence-electron chi connectivity index (χ4n) is 4.27. The Morgan fingerprint density at radius 3 is 2.14 bits per heavy atom. The van der Waals surface area contributed by atoms with Crippen molar-refractivity contribution >= 4 is 33.2 Å².